The van der Waals surface area contributed by atoms with E-state index in [2.05, 4.69) is 4.72 Å². The van der Waals surface area contributed by atoms with Gasteiger partial charge in [-0.2, -0.15) is 12.7 Å². The van der Waals surface area contributed by atoms with Crippen molar-refractivity contribution in [3.8, 4) is 5.75 Å². The molecule has 3 N–H and O–H groups in total. The van der Waals surface area contributed by atoms with Gasteiger partial charge in [-0.15, -0.1) is 0 Å². The number of nitrogens with zero attached hydrogens (tertiary/aromatic N) is 1. The number of carboxylic acid groups (broad SMARTS) is 1. The molecule has 1 unspecified atom stereocenters. The highest BCUT2D eigenvalue weighted by Crippen LogP contribution is 2.25. The number of rotatable bonds is 4. The van der Waals surface area contributed by atoms with Gasteiger partial charge < -0.3 is 10.2 Å². The molecule has 1 heterocycles. The largest absolute Gasteiger partial charge is 0.507 e. The molecule has 1 fully saturated rings. The highest BCUT2D eigenvalue weighted by atomic mass is 32.2. The van der Waals surface area contributed by atoms with Gasteiger partial charge in [-0.1, -0.05) is 6.42 Å². The molecule has 21 heavy (non-hydrogen) atoms. The molecule has 1 atom stereocenters. The van der Waals surface area contributed by atoms with E-state index in [0.29, 0.717) is 6.54 Å². The molecule has 0 amide bonds. The van der Waals surface area contributed by atoms with E-state index in [1.54, 1.807) is 0 Å². The lowest BCUT2D eigenvalue weighted by molar-refractivity contribution is 0.0693. The van der Waals surface area contributed by atoms with Gasteiger partial charge in [-0.05, 0) is 38.0 Å². The second-order valence-electron chi connectivity index (χ2n) is 5.10. The lowest BCUT2D eigenvalue weighted by atomic mass is 10.1. The minimum absolute atomic E-state index is 0.0905. The molecule has 1 saturated heterocycles. The van der Waals surface area contributed by atoms with Crippen LogP contribution in [0.1, 0.15) is 36.5 Å². The third kappa shape index (κ3) is 3.45. The lowest BCUT2D eigenvalue weighted by Gasteiger charge is -2.32. The van der Waals surface area contributed by atoms with Crippen LogP contribution in [0.15, 0.2) is 18.2 Å². The molecule has 0 aromatic heterocycles. The zero-order valence-corrected chi connectivity index (χ0v) is 12.4. The molecule has 0 spiro atoms. The van der Waals surface area contributed by atoms with E-state index in [4.69, 9.17) is 5.11 Å². The Balaban J connectivity index is 2.24. The number of carbonyl (C=O) groups is 1. The first-order chi connectivity index (χ1) is 9.81. The Morgan fingerprint density at radius 1 is 1.38 bits per heavy atom. The Morgan fingerprint density at radius 2 is 2.10 bits per heavy atom. The summed E-state index contributed by atoms with van der Waals surface area (Å²) in [7, 11) is -3.73. The minimum Gasteiger partial charge on any atom is -0.507 e. The van der Waals surface area contributed by atoms with Gasteiger partial charge in [0.25, 0.3) is 0 Å². The smallest absolute Gasteiger partial charge is 0.339 e. The zero-order chi connectivity index (χ0) is 15.6. The summed E-state index contributed by atoms with van der Waals surface area (Å²) in [6, 6.07) is 3.49. The van der Waals surface area contributed by atoms with Crippen molar-refractivity contribution in [2.75, 3.05) is 11.3 Å². The number of hydrogen-bond donors (Lipinski definition) is 3. The topological polar surface area (TPSA) is 107 Å². The first-order valence-electron chi connectivity index (χ1n) is 6.67. The van der Waals surface area contributed by atoms with Gasteiger partial charge in [0.1, 0.15) is 11.3 Å². The van der Waals surface area contributed by atoms with Crippen LogP contribution in [0.5, 0.6) is 5.75 Å². The molecule has 1 aliphatic heterocycles. The van der Waals surface area contributed by atoms with Crippen LogP contribution in [-0.4, -0.2) is 41.5 Å². The zero-order valence-electron chi connectivity index (χ0n) is 11.6. The number of benzene rings is 1. The number of carboxylic acids is 1. The average Bonchev–Trinajstić information content (AvgIpc) is 2.40. The second kappa shape index (κ2) is 5.90. The van der Waals surface area contributed by atoms with Crippen LogP contribution in [0, 0.1) is 0 Å². The summed E-state index contributed by atoms with van der Waals surface area (Å²) in [5, 5.41) is 18.4. The van der Waals surface area contributed by atoms with Crippen molar-refractivity contribution in [1.29, 1.82) is 0 Å². The summed E-state index contributed by atoms with van der Waals surface area (Å²) in [6.07, 6.45) is 2.60. The third-order valence-corrected chi connectivity index (χ3v) is 5.18. The SMILES string of the molecule is CC1CCCCN1S(=O)(=O)Nc1ccc(O)c(C(=O)O)c1. The van der Waals surface area contributed by atoms with E-state index in [9.17, 15) is 18.3 Å². The molecule has 1 aromatic carbocycles. The fraction of sp³-hybridized carbons (Fsp3) is 0.462. The van der Waals surface area contributed by atoms with Gasteiger partial charge in [0, 0.05) is 12.6 Å². The van der Waals surface area contributed by atoms with E-state index >= 15 is 0 Å². The van der Waals surface area contributed by atoms with Crippen LogP contribution in [-0.2, 0) is 10.2 Å². The second-order valence-corrected chi connectivity index (χ2v) is 6.72. The molecular formula is C13H18N2O5S. The van der Waals surface area contributed by atoms with Crippen LogP contribution >= 0.6 is 0 Å². The highest BCUT2D eigenvalue weighted by Gasteiger charge is 2.29. The molecule has 1 aromatic rings. The Morgan fingerprint density at radius 3 is 2.71 bits per heavy atom. The van der Waals surface area contributed by atoms with Crippen molar-refractivity contribution in [3.05, 3.63) is 23.8 Å². The van der Waals surface area contributed by atoms with E-state index in [0.717, 1.165) is 31.4 Å². The third-order valence-electron chi connectivity index (χ3n) is 3.52. The average molecular weight is 314 g/mol. The standard InChI is InChI=1S/C13H18N2O5S/c1-9-4-2-3-7-15(9)21(19,20)14-10-5-6-12(16)11(8-10)13(17)18/h5-6,8-9,14,16H,2-4,7H2,1H3,(H,17,18). The van der Waals surface area contributed by atoms with Gasteiger partial charge in [-0.3, -0.25) is 4.72 Å². The number of anilines is 1. The van der Waals surface area contributed by atoms with Crippen LogP contribution < -0.4 is 4.72 Å². The first-order valence-corrected chi connectivity index (χ1v) is 8.11. The number of nitrogens with one attached hydrogen (secondary N) is 1. The Labute approximate surface area is 123 Å². The highest BCUT2D eigenvalue weighted by molar-refractivity contribution is 7.90. The Kier molecular flexibility index (Phi) is 4.38. The summed E-state index contributed by atoms with van der Waals surface area (Å²) in [5.74, 6) is -1.73. The first kappa shape index (κ1) is 15.6. The minimum atomic E-state index is -3.73. The summed E-state index contributed by atoms with van der Waals surface area (Å²) in [5.41, 5.74) is -0.232. The fourth-order valence-corrected chi connectivity index (χ4v) is 3.90. The number of phenols is 1. The van der Waals surface area contributed by atoms with Gasteiger partial charge >= 0.3 is 16.2 Å². The van der Waals surface area contributed by atoms with E-state index < -0.39 is 21.9 Å². The van der Waals surface area contributed by atoms with Gasteiger partial charge in [-0.25, -0.2) is 4.79 Å². The van der Waals surface area contributed by atoms with Crippen molar-refractivity contribution in [2.45, 2.75) is 32.2 Å². The van der Waals surface area contributed by atoms with Crippen LogP contribution in [0.2, 0.25) is 0 Å². The van der Waals surface area contributed by atoms with Crippen LogP contribution in [0.4, 0.5) is 5.69 Å². The molecule has 0 aliphatic carbocycles. The molecule has 116 valence electrons. The van der Waals surface area contributed by atoms with Crippen molar-refractivity contribution < 1.29 is 23.4 Å². The quantitative estimate of drug-likeness (QED) is 0.732. The van der Waals surface area contributed by atoms with E-state index in [1.165, 1.54) is 10.4 Å². The van der Waals surface area contributed by atoms with Gasteiger partial charge in [0.15, 0.2) is 0 Å². The summed E-state index contributed by atoms with van der Waals surface area (Å²) >= 11 is 0. The normalized spacial score (nSPS) is 20.1. The molecule has 1 aliphatic rings. The Bertz CT molecular complexity index is 644. The number of aromatic carboxylic acids is 1. The van der Waals surface area contributed by atoms with Gasteiger partial charge in [0.2, 0.25) is 0 Å². The van der Waals surface area contributed by atoms with Crippen LogP contribution in [0.25, 0.3) is 0 Å². The summed E-state index contributed by atoms with van der Waals surface area (Å²) in [6.45, 7) is 2.29. The molecule has 8 heteroatoms. The van der Waals surface area contributed by atoms with Crippen molar-refractivity contribution in [1.82, 2.24) is 4.31 Å². The van der Waals surface area contributed by atoms with Crippen molar-refractivity contribution in [3.63, 3.8) is 0 Å². The maximum absolute atomic E-state index is 12.3. The van der Waals surface area contributed by atoms with E-state index in [-0.39, 0.29) is 17.3 Å². The summed E-state index contributed by atoms with van der Waals surface area (Å²) in [4.78, 5) is 10.9. The molecule has 0 radical (unpaired) electrons. The summed E-state index contributed by atoms with van der Waals surface area (Å²) < 4.78 is 28.4. The monoisotopic (exact) mass is 314 g/mol. The van der Waals surface area contributed by atoms with Crippen molar-refractivity contribution >= 4 is 21.9 Å². The van der Waals surface area contributed by atoms with Crippen LogP contribution in [0.3, 0.4) is 0 Å². The Hall–Kier alpha value is -1.80. The number of piperidine rings is 1. The maximum Gasteiger partial charge on any atom is 0.339 e. The molecule has 0 bridgehead atoms. The molecule has 7 nitrogen and oxygen atoms in total. The number of aromatic hydroxyl groups is 1. The number of hydrogen-bond acceptors (Lipinski definition) is 4. The van der Waals surface area contributed by atoms with Gasteiger partial charge in [0.05, 0.1) is 5.69 Å². The maximum atomic E-state index is 12.3. The lowest BCUT2D eigenvalue weighted by Crippen LogP contribution is -2.44. The molecule has 0 saturated carbocycles. The molecular weight excluding hydrogens is 296 g/mol. The van der Waals surface area contributed by atoms with E-state index in [1.807, 2.05) is 6.92 Å². The predicted octanol–water partition coefficient (Wildman–Crippen LogP) is 1.62. The predicted molar refractivity (Wildman–Crippen MR) is 77.6 cm³/mol. The van der Waals surface area contributed by atoms with Crippen molar-refractivity contribution in [2.24, 2.45) is 0 Å². The molecule has 2 rings (SSSR count). The fourth-order valence-electron chi connectivity index (χ4n) is 2.41.